The van der Waals surface area contributed by atoms with E-state index in [4.69, 9.17) is 0 Å². The van der Waals surface area contributed by atoms with Crippen LogP contribution < -0.4 is 5.32 Å². The maximum absolute atomic E-state index is 9.59. The first-order valence-electron chi connectivity index (χ1n) is 5.20. The Kier molecular flexibility index (Phi) is 3.71. The van der Waals surface area contributed by atoms with E-state index in [1.165, 1.54) is 0 Å². The molecule has 0 aromatic carbocycles. The molecule has 3 heteroatoms. The van der Waals surface area contributed by atoms with Crippen LogP contribution in [0.4, 0.5) is 0 Å². The standard InChI is InChI=1S/C10H22N2O/c1-4-12(9-7-11-8-9)6-5-10(2,3)13/h9,11,13H,4-8H2,1-3H3. The third-order valence-electron chi connectivity index (χ3n) is 2.69. The van der Waals surface area contributed by atoms with Crippen molar-refractivity contribution in [2.45, 2.75) is 38.8 Å². The fourth-order valence-corrected chi connectivity index (χ4v) is 1.55. The third-order valence-corrected chi connectivity index (χ3v) is 2.69. The lowest BCUT2D eigenvalue weighted by Crippen LogP contribution is -2.57. The van der Waals surface area contributed by atoms with Gasteiger partial charge in [0.1, 0.15) is 0 Å². The van der Waals surface area contributed by atoms with Crippen molar-refractivity contribution in [2.75, 3.05) is 26.2 Å². The number of hydrogen-bond donors (Lipinski definition) is 2. The van der Waals surface area contributed by atoms with Crippen molar-refractivity contribution < 1.29 is 5.11 Å². The molecule has 0 amide bonds. The van der Waals surface area contributed by atoms with Gasteiger partial charge in [0.25, 0.3) is 0 Å². The first kappa shape index (κ1) is 11.0. The predicted octanol–water partition coefficient (Wildman–Crippen LogP) is 0.441. The van der Waals surface area contributed by atoms with Gasteiger partial charge in [0.15, 0.2) is 0 Å². The Morgan fingerprint density at radius 1 is 1.46 bits per heavy atom. The Labute approximate surface area is 81.1 Å². The number of hydrogen-bond acceptors (Lipinski definition) is 3. The molecule has 78 valence electrons. The second-order valence-corrected chi connectivity index (χ2v) is 4.50. The largest absolute Gasteiger partial charge is 0.390 e. The monoisotopic (exact) mass is 186 g/mol. The van der Waals surface area contributed by atoms with E-state index in [1.54, 1.807) is 0 Å². The van der Waals surface area contributed by atoms with Crippen molar-refractivity contribution in [3.63, 3.8) is 0 Å². The van der Waals surface area contributed by atoms with Crippen molar-refractivity contribution >= 4 is 0 Å². The van der Waals surface area contributed by atoms with Crippen molar-refractivity contribution in [1.29, 1.82) is 0 Å². The summed E-state index contributed by atoms with van der Waals surface area (Å²) in [5, 5.41) is 12.9. The van der Waals surface area contributed by atoms with Gasteiger partial charge in [-0.2, -0.15) is 0 Å². The van der Waals surface area contributed by atoms with E-state index in [0.717, 1.165) is 32.6 Å². The molecule has 1 rings (SSSR count). The zero-order valence-electron chi connectivity index (χ0n) is 9.01. The van der Waals surface area contributed by atoms with Crippen LogP contribution >= 0.6 is 0 Å². The summed E-state index contributed by atoms with van der Waals surface area (Å²) in [6.07, 6.45) is 0.858. The van der Waals surface area contributed by atoms with Gasteiger partial charge >= 0.3 is 0 Å². The maximum Gasteiger partial charge on any atom is 0.0603 e. The van der Waals surface area contributed by atoms with Crippen LogP contribution in [0, 0.1) is 0 Å². The third kappa shape index (κ3) is 3.63. The predicted molar refractivity (Wildman–Crippen MR) is 54.8 cm³/mol. The minimum atomic E-state index is -0.523. The summed E-state index contributed by atoms with van der Waals surface area (Å²) in [6.45, 7) is 10.2. The van der Waals surface area contributed by atoms with Gasteiger partial charge in [0.2, 0.25) is 0 Å². The van der Waals surface area contributed by atoms with E-state index in [2.05, 4.69) is 17.1 Å². The summed E-state index contributed by atoms with van der Waals surface area (Å²) in [7, 11) is 0. The summed E-state index contributed by atoms with van der Waals surface area (Å²) in [6, 6.07) is 0.701. The highest BCUT2D eigenvalue weighted by atomic mass is 16.3. The van der Waals surface area contributed by atoms with E-state index in [0.29, 0.717) is 6.04 Å². The van der Waals surface area contributed by atoms with E-state index >= 15 is 0 Å². The molecule has 2 N–H and O–H groups in total. The zero-order valence-corrected chi connectivity index (χ0v) is 9.01. The molecule has 0 radical (unpaired) electrons. The highest BCUT2D eigenvalue weighted by Crippen LogP contribution is 2.11. The van der Waals surface area contributed by atoms with Crippen LogP contribution in [-0.2, 0) is 0 Å². The fraction of sp³-hybridized carbons (Fsp3) is 1.00. The number of nitrogens with zero attached hydrogens (tertiary/aromatic N) is 1. The minimum Gasteiger partial charge on any atom is -0.390 e. The average molecular weight is 186 g/mol. The van der Waals surface area contributed by atoms with Crippen LogP contribution in [0.3, 0.4) is 0 Å². The van der Waals surface area contributed by atoms with Gasteiger partial charge in [0, 0.05) is 25.7 Å². The van der Waals surface area contributed by atoms with Crippen LogP contribution in [0.15, 0.2) is 0 Å². The number of likely N-dealkylation sites (N-methyl/N-ethyl adjacent to an activating group) is 1. The smallest absolute Gasteiger partial charge is 0.0603 e. The van der Waals surface area contributed by atoms with Gasteiger partial charge in [-0.3, -0.25) is 4.90 Å². The molecule has 0 atom stereocenters. The zero-order chi connectivity index (χ0) is 9.90. The summed E-state index contributed by atoms with van der Waals surface area (Å²) < 4.78 is 0. The number of nitrogens with one attached hydrogen (secondary N) is 1. The van der Waals surface area contributed by atoms with Crippen molar-refractivity contribution in [2.24, 2.45) is 0 Å². The first-order chi connectivity index (χ1) is 6.03. The van der Waals surface area contributed by atoms with E-state index < -0.39 is 5.60 Å². The number of aliphatic hydroxyl groups is 1. The molecule has 0 aromatic rings. The minimum absolute atomic E-state index is 0.523. The van der Waals surface area contributed by atoms with Gasteiger partial charge in [-0.1, -0.05) is 6.92 Å². The second-order valence-electron chi connectivity index (χ2n) is 4.50. The molecule has 0 aliphatic carbocycles. The van der Waals surface area contributed by atoms with Crippen LogP contribution in [-0.4, -0.2) is 47.8 Å². The molecular formula is C10H22N2O. The molecule has 13 heavy (non-hydrogen) atoms. The molecular weight excluding hydrogens is 164 g/mol. The molecule has 3 nitrogen and oxygen atoms in total. The normalized spacial score (nSPS) is 19.2. The Morgan fingerprint density at radius 2 is 2.08 bits per heavy atom. The summed E-state index contributed by atoms with van der Waals surface area (Å²) in [4.78, 5) is 2.44. The van der Waals surface area contributed by atoms with Gasteiger partial charge in [-0.15, -0.1) is 0 Å². The van der Waals surface area contributed by atoms with Crippen molar-refractivity contribution in [3.8, 4) is 0 Å². The lowest BCUT2D eigenvalue weighted by Gasteiger charge is -2.38. The van der Waals surface area contributed by atoms with E-state index in [1.807, 2.05) is 13.8 Å². The molecule has 1 heterocycles. The second kappa shape index (κ2) is 4.40. The summed E-state index contributed by atoms with van der Waals surface area (Å²) >= 11 is 0. The van der Waals surface area contributed by atoms with E-state index in [-0.39, 0.29) is 0 Å². The quantitative estimate of drug-likeness (QED) is 0.654. The Balaban J connectivity index is 2.23. The van der Waals surface area contributed by atoms with Crippen LogP contribution in [0.5, 0.6) is 0 Å². The van der Waals surface area contributed by atoms with Crippen molar-refractivity contribution in [3.05, 3.63) is 0 Å². The molecule has 1 saturated heterocycles. The fourth-order valence-electron chi connectivity index (χ4n) is 1.55. The topological polar surface area (TPSA) is 35.5 Å². The maximum atomic E-state index is 9.59. The molecule has 0 unspecified atom stereocenters. The van der Waals surface area contributed by atoms with Gasteiger partial charge in [-0.25, -0.2) is 0 Å². The lowest BCUT2D eigenvalue weighted by atomic mass is 10.0. The average Bonchev–Trinajstić information content (AvgIpc) is 1.91. The highest BCUT2D eigenvalue weighted by Gasteiger charge is 2.24. The van der Waals surface area contributed by atoms with Gasteiger partial charge in [-0.05, 0) is 26.8 Å². The molecule has 0 spiro atoms. The molecule has 1 aliphatic rings. The molecule has 1 aliphatic heterocycles. The Bertz CT molecular complexity index is 149. The Morgan fingerprint density at radius 3 is 2.38 bits per heavy atom. The summed E-state index contributed by atoms with van der Waals surface area (Å²) in [5.74, 6) is 0. The SMILES string of the molecule is CCN(CCC(C)(C)O)C1CNC1. The molecule has 1 fully saturated rings. The molecule has 0 aromatic heterocycles. The Hall–Kier alpha value is -0.120. The molecule has 0 bridgehead atoms. The first-order valence-corrected chi connectivity index (χ1v) is 5.20. The van der Waals surface area contributed by atoms with Crippen LogP contribution in [0.25, 0.3) is 0 Å². The molecule has 0 saturated carbocycles. The number of rotatable bonds is 5. The van der Waals surface area contributed by atoms with Gasteiger partial charge < -0.3 is 10.4 Å². The van der Waals surface area contributed by atoms with Gasteiger partial charge in [0.05, 0.1) is 5.60 Å². The summed E-state index contributed by atoms with van der Waals surface area (Å²) in [5.41, 5.74) is -0.523. The van der Waals surface area contributed by atoms with Crippen LogP contribution in [0.1, 0.15) is 27.2 Å². The highest BCUT2D eigenvalue weighted by molar-refractivity contribution is 4.84. The van der Waals surface area contributed by atoms with E-state index in [9.17, 15) is 5.11 Å². The van der Waals surface area contributed by atoms with Crippen molar-refractivity contribution in [1.82, 2.24) is 10.2 Å². The lowest BCUT2D eigenvalue weighted by molar-refractivity contribution is 0.0461. The van der Waals surface area contributed by atoms with Crippen LogP contribution in [0.2, 0.25) is 0 Å².